The molecule has 0 saturated heterocycles. The summed E-state index contributed by atoms with van der Waals surface area (Å²) >= 11 is 0. The predicted molar refractivity (Wildman–Crippen MR) is 81.8 cm³/mol. The predicted octanol–water partition coefficient (Wildman–Crippen LogP) is 3.93. The van der Waals surface area contributed by atoms with Gasteiger partial charge >= 0.3 is 12.2 Å². The van der Waals surface area contributed by atoms with Gasteiger partial charge in [-0.1, -0.05) is 0 Å². The summed E-state index contributed by atoms with van der Waals surface area (Å²) in [6.45, 7) is 0. The number of aromatic hydroxyl groups is 1. The highest BCUT2D eigenvalue weighted by Crippen LogP contribution is 2.37. The second-order valence-electron chi connectivity index (χ2n) is 4.98. The number of hydrogen-bond acceptors (Lipinski definition) is 3. The number of phenolic OH excluding ortho intramolecular Hbond substituents is 1. The Bertz CT molecular complexity index is 905. The molecule has 0 aliphatic carbocycles. The fourth-order valence-electron chi connectivity index (χ4n) is 2.15. The number of alkyl halides is 3. The first kappa shape index (κ1) is 15.7. The third kappa shape index (κ3) is 3.24. The number of rotatable bonds is 2. The zero-order valence-corrected chi connectivity index (χ0v) is 12.0. The van der Waals surface area contributed by atoms with Gasteiger partial charge in [-0.2, -0.15) is 18.3 Å². The van der Waals surface area contributed by atoms with Crippen molar-refractivity contribution in [2.24, 2.45) is 0 Å². The number of aromatic amines is 1. The maximum Gasteiger partial charge on any atom is 0.420 e. The summed E-state index contributed by atoms with van der Waals surface area (Å²) in [6, 6.07) is 6.99. The van der Waals surface area contributed by atoms with Gasteiger partial charge in [-0.05, 0) is 36.4 Å². The minimum absolute atomic E-state index is 0.0954. The smallest absolute Gasteiger partial charge is 0.420 e. The van der Waals surface area contributed by atoms with Gasteiger partial charge < -0.3 is 15.7 Å². The van der Waals surface area contributed by atoms with Crippen LogP contribution in [0.1, 0.15) is 5.56 Å². The van der Waals surface area contributed by atoms with Gasteiger partial charge in [0, 0.05) is 16.8 Å². The van der Waals surface area contributed by atoms with Crippen LogP contribution in [0.4, 0.5) is 29.3 Å². The van der Waals surface area contributed by atoms with Crippen LogP contribution in [0.5, 0.6) is 5.75 Å². The van der Waals surface area contributed by atoms with E-state index >= 15 is 0 Å². The molecule has 24 heavy (non-hydrogen) atoms. The first-order chi connectivity index (χ1) is 11.3. The Morgan fingerprint density at radius 2 is 1.75 bits per heavy atom. The number of carbonyl (C=O) groups is 1. The lowest BCUT2D eigenvalue weighted by atomic mass is 10.1. The molecule has 0 unspecified atom stereocenters. The Kier molecular flexibility index (Phi) is 3.76. The molecule has 0 atom stereocenters. The number of anilines is 2. The number of phenols is 1. The lowest BCUT2D eigenvalue weighted by molar-refractivity contribution is -0.138. The van der Waals surface area contributed by atoms with E-state index < -0.39 is 23.5 Å². The highest BCUT2D eigenvalue weighted by atomic mass is 19.4. The molecule has 1 heterocycles. The summed E-state index contributed by atoms with van der Waals surface area (Å²) < 4.78 is 38.2. The van der Waals surface area contributed by atoms with Crippen molar-refractivity contribution in [2.75, 3.05) is 10.6 Å². The second-order valence-corrected chi connectivity index (χ2v) is 4.98. The van der Waals surface area contributed by atoms with Crippen LogP contribution in [-0.2, 0) is 6.18 Å². The summed E-state index contributed by atoms with van der Waals surface area (Å²) in [7, 11) is 0. The first-order valence-electron chi connectivity index (χ1n) is 6.74. The maximum absolute atomic E-state index is 12.7. The standard InChI is InChI=1S/C15H11F3N4O2/c16-15(17,18)11-6-10(2-4-13(11)23)21-14(24)20-9-1-3-12-8(5-9)7-19-22-12/h1-7,23H,(H,19,22)(H2,20,21,24). The van der Waals surface area contributed by atoms with Crippen molar-refractivity contribution in [2.45, 2.75) is 6.18 Å². The van der Waals surface area contributed by atoms with E-state index in [-0.39, 0.29) is 5.69 Å². The normalized spacial score (nSPS) is 11.5. The van der Waals surface area contributed by atoms with E-state index in [1.807, 2.05) is 0 Å². The summed E-state index contributed by atoms with van der Waals surface area (Å²) in [5.41, 5.74) is -0.0762. The summed E-state index contributed by atoms with van der Waals surface area (Å²) in [5, 5.41) is 21.4. The number of hydrogen-bond donors (Lipinski definition) is 4. The Morgan fingerprint density at radius 1 is 1.08 bits per heavy atom. The number of benzene rings is 2. The van der Waals surface area contributed by atoms with E-state index in [0.29, 0.717) is 11.8 Å². The molecule has 2 amide bonds. The van der Waals surface area contributed by atoms with Crippen molar-refractivity contribution < 1.29 is 23.1 Å². The topological polar surface area (TPSA) is 90.0 Å². The molecule has 0 aliphatic rings. The quantitative estimate of drug-likeness (QED) is 0.535. The average Bonchev–Trinajstić information content (AvgIpc) is 2.95. The molecule has 124 valence electrons. The van der Waals surface area contributed by atoms with E-state index in [0.717, 1.165) is 17.0 Å². The van der Waals surface area contributed by atoms with Crippen LogP contribution in [0.3, 0.4) is 0 Å². The van der Waals surface area contributed by atoms with Gasteiger partial charge in [0.25, 0.3) is 0 Å². The third-order valence-electron chi connectivity index (χ3n) is 3.26. The monoisotopic (exact) mass is 336 g/mol. The molecular formula is C15H11F3N4O2. The highest BCUT2D eigenvalue weighted by molar-refractivity contribution is 6.01. The second kappa shape index (κ2) is 5.76. The number of fused-ring (bicyclic) bond motifs is 1. The van der Waals surface area contributed by atoms with E-state index in [4.69, 9.17) is 0 Å². The molecule has 0 bridgehead atoms. The number of nitrogens with zero attached hydrogens (tertiary/aromatic N) is 1. The van der Waals surface area contributed by atoms with Crippen LogP contribution in [-0.4, -0.2) is 21.3 Å². The van der Waals surface area contributed by atoms with Crippen molar-refractivity contribution >= 4 is 28.3 Å². The number of halogens is 3. The van der Waals surface area contributed by atoms with Gasteiger partial charge in [-0.15, -0.1) is 0 Å². The molecular weight excluding hydrogens is 325 g/mol. The van der Waals surface area contributed by atoms with Gasteiger partial charge in [0.05, 0.1) is 17.3 Å². The first-order valence-corrected chi connectivity index (χ1v) is 6.74. The average molecular weight is 336 g/mol. The van der Waals surface area contributed by atoms with Crippen LogP contribution in [0.25, 0.3) is 10.9 Å². The van der Waals surface area contributed by atoms with Crippen LogP contribution < -0.4 is 10.6 Å². The number of carbonyl (C=O) groups excluding carboxylic acids is 1. The SMILES string of the molecule is O=C(Nc1ccc(O)c(C(F)(F)F)c1)Nc1ccc2[nH]ncc2c1. The Labute approximate surface area is 133 Å². The summed E-state index contributed by atoms with van der Waals surface area (Å²) in [5.74, 6) is -0.904. The van der Waals surface area contributed by atoms with Gasteiger partial charge in [-0.25, -0.2) is 4.79 Å². The summed E-state index contributed by atoms with van der Waals surface area (Å²) in [4.78, 5) is 11.9. The molecule has 0 spiro atoms. The largest absolute Gasteiger partial charge is 0.507 e. The molecule has 3 rings (SSSR count). The van der Waals surface area contributed by atoms with Crippen LogP contribution in [0.15, 0.2) is 42.6 Å². The fourth-order valence-corrected chi connectivity index (χ4v) is 2.15. The molecule has 9 heteroatoms. The number of amides is 2. The molecule has 3 aromatic rings. The maximum atomic E-state index is 12.7. The van der Waals surface area contributed by atoms with Gasteiger partial charge in [0.2, 0.25) is 0 Å². The van der Waals surface area contributed by atoms with E-state index in [9.17, 15) is 23.1 Å². The van der Waals surface area contributed by atoms with Gasteiger partial charge in [-0.3, -0.25) is 5.10 Å². The zero-order chi connectivity index (χ0) is 17.3. The number of H-pyrrole nitrogens is 1. The van der Waals surface area contributed by atoms with Crippen molar-refractivity contribution in [1.82, 2.24) is 10.2 Å². The van der Waals surface area contributed by atoms with Crippen molar-refractivity contribution in [1.29, 1.82) is 0 Å². The number of nitrogens with one attached hydrogen (secondary N) is 3. The molecule has 0 radical (unpaired) electrons. The van der Waals surface area contributed by atoms with Crippen molar-refractivity contribution in [3.63, 3.8) is 0 Å². The lowest BCUT2D eigenvalue weighted by Crippen LogP contribution is -2.19. The molecule has 0 fully saturated rings. The van der Waals surface area contributed by atoms with Crippen molar-refractivity contribution in [3.05, 3.63) is 48.2 Å². The minimum Gasteiger partial charge on any atom is -0.507 e. The fraction of sp³-hybridized carbons (Fsp3) is 0.0667. The molecule has 2 aromatic carbocycles. The number of urea groups is 1. The third-order valence-corrected chi connectivity index (χ3v) is 3.26. The van der Waals surface area contributed by atoms with E-state index in [1.54, 1.807) is 24.4 Å². The van der Waals surface area contributed by atoms with E-state index in [1.165, 1.54) is 6.07 Å². The minimum atomic E-state index is -4.72. The Balaban J connectivity index is 1.75. The molecule has 4 N–H and O–H groups in total. The van der Waals surface area contributed by atoms with Gasteiger partial charge in [0.1, 0.15) is 5.75 Å². The molecule has 1 aromatic heterocycles. The van der Waals surface area contributed by atoms with Crippen LogP contribution >= 0.6 is 0 Å². The van der Waals surface area contributed by atoms with Crippen LogP contribution in [0.2, 0.25) is 0 Å². The van der Waals surface area contributed by atoms with Gasteiger partial charge in [0.15, 0.2) is 0 Å². The Morgan fingerprint density at radius 3 is 2.46 bits per heavy atom. The molecule has 0 saturated carbocycles. The highest BCUT2D eigenvalue weighted by Gasteiger charge is 2.34. The Hall–Kier alpha value is -3.23. The zero-order valence-electron chi connectivity index (χ0n) is 12.0. The van der Waals surface area contributed by atoms with Crippen molar-refractivity contribution in [3.8, 4) is 5.75 Å². The number of aromatic nitrogens is 2. The molecule has 0 aliphatic heterocycles. The lowest BCUT2D eigenvalue weighted by Gasteiger charge is -2.12. The molecule has 6 nitrogen and oxygen atoms in total. The van der Waals surface area contributed by atoms with E-state index in [2.05, 4.69) is 20.8 Å². The van der Waals surface area contributed by atoms with Crippen LogP contribution in [0, 0.1) is 0 Å². The summed E-state index contributed by atoms with van der Waals surface area (Å²) in [6.07, 6.45) is -3.14.